The third-order valence-corrected chi connectivity index (χ3v) is 4.77. The van der Waals surface area contributed by atoms with Crippen LogP contribution in [0.5, 0.6) is 0 Å². The van der Waals surface area contributed by atoms with Crippen LogP contribution in [0.4, 0.5) is 0 Å². The normalized spacial score (nSPS) is 24.6. The second-order valence-corrected chi connectivity index (χ2v) is 6.69. The van der Waals surface area contributed by atoms with E-state index in [1.807, 2.05) is 0 Å². The molecule has 0 spiro atoms. The van der Waals surface area contributed by atoms with Crippen LogP contribution in [0.1, 0.15) is 40.0 Å². The third-order valence-electron chi connectivity index (χ3n) is 4.77. The Labute approximate surface area is 124 Å². The first-order chi connectivity index (χ1) is 9.61. The first-order valence-corrected chi connectivity index (χ1v) is 8.24. The zero-order valence-electron chi connectivity index (χ0n) is 13.4. The van der Waals surface area contributed by atoms with Gasteiger partial charge >= 0.3 is 0 Å². The smallest absolute Gasteiger partial charge is 0.122 e. The Bertz CT molecular complexity index is 337. The highest BCUT2D eigenvalue weighted by atomic mass is 15.3. The number of nitriles is 1. The minimum atomic E-state index is -0.296. The van der Waals surface area contributed by atoms with E-state index in [2.05, 4.69) is 42.0 Å². The van der Waals surface area contributed by atoms with Crippen LogP contribution in [-0.4, -0.2) is 60.6 Å². The number of piperazine rings is 1. The Balaban J connectivity index is 1.90. The van der Waals surface area contributed by atoms with Crippen LogP contribution in [0.25, 0.3) is 0 Å². The van der Waals surface area contributed by atoms with Crippen molar-refractivity contribution in [3.8, 4) is 6.07 Å². The minimum Gasteiger partial charge on any atom is -0.298 e. The second kappa shape index (κ2) is 6.89. The molecular weight excluding hydrogens is 248 g/mol. The molecule has 114 valence electrons. The average molecular weight is 278 g/mol. The fourth-order valence-electron chi connectivity index (χ4n) is 3.21. The van der Waals surface area contributed by atoms with Gasteiger partial charge in [0.15, 0.2) is 0 Å². The molecule has 2 aliphatic rings. The quantitative estimate of drug-likeness (QED) is 0.769. The SMILES string of the molecule is CCCNC(C#N)(CN1CCN(C(C)C)CC1)C1CC1. The number of hydrogen-bond acceptors (Lipinski definition) is 4. The molecule has 0 radical (unpaired) electrons. The van der Waals surface area contributed by atoms with Crippen LogP contribution < -0.4 is 5.32 Å². The summed E-state index contributed by atoms with van der Waals surface area (Å²) in [5.74, 6) is 0.571. The monoisotopic (exact) mass is 278 g/mol. The molecule has 0 aromatic carbocycles. The van der Waals surface area contributed by atoms with E-state index in [9.17, 15) is 5.26 Å². The van der Waals surface area contributed by atoms with E-state index in [0.29, 0.717) is 12.0 Å². The number of hydrogen-bond donors (Lipinski definition) is 1. The van der Waals surface area contributed by atoms with Crippen molar-refractivity contribution in [2.24, 2.45) is 5.92 Å². The van der Waals surface area contributed by atoms with E-state index in [1.54, 1.807) is 0 Å². The van der Waals surface area contributed by atoms with E-state index in [-0.39, 0.29) is 5.54 Å². The lowest BCUT2D eigenvalue weighted by Gasteiger charge is -2.40. The van der Waals surface area contributed by atoms with Crippen LogP contribution in [0, 0.1) is 17.2 Å². The molecule has 1 heterocycles. The maximum Gasteiger partial charge on any atom is 0.122 e. The summed E-state index contributed by atoms with van der Waals surface area (Å²) in [5, 5.41) is 13.3. The van der Waals surface area contributed by atoms with Gasteiger partial charge in [0.2, 0.25) is 0 Å². The van der Waals surface area contributed by atoms with Gasteiger partial charge in [-0.15, -0.1) is 0 Å². The predicted molar refractivity (Wildman–Crippen MR) is 82.5 cm³/mol. The Kier molecular flexibility index (Phi) is 5.42. The standard InChI is InChI=1S/C16H30N4/c1-4-7-18-16(12-17,15-5-6-15)13-19-8-10-20(11-9-19)14(2)3/h14-15,18H,4-11,13H2,1-3H3. The van der Waals surface area contributed by atoms with Crippen LogP contribution in [0.3, 0.4) is 0 Å². The average Bonchev–Trinajstić information content (AvgIpc) is 3.29. The van der Waals surface area contributed by atoms with Crippen molar-refractivity contribution in [3.63, 3.8) is 0 Å². The van der Waals surface area contributed by atoms with Crippen molar-refractivity contribution >= 4 is 0 Å². The molecule has 20 heavy (non-hydrogen) atoms. The highest BCUT2D eigenvalue weighted by Gasteiger charge is 2.46. The summed E-state index contributed by atoms with van der Waals surface area (Å²) in [4.78, 5) is 5.02. The lowest BCUT2D eigenvalue weighted by Crippen LogP contribution is -2.58. The summed E-state index contributed by atoms with van der Waals surface area (Å²) >= 11 is 0. The molecule has 0 amide bonds. The molecule has 4 nitrogen and oxygen atoms in total. The van der Waals surface area contributed by atoms with Crippen LogP contribution in [-0.2, 0) is 0 Å². The summed E-state index contributed by atoms with van der Waals surface area (Å²) in [6, 6.07) is 3.27. The first kappa shape index (κ1) is 15.8. The molecule has 4 heteroatoms. The van der Waals surface area contributed by atoms with Crippen molar-refractivity contribution in [3.05, 3.63) is 0 Å². The Morgan fingerprint density at radius 2 is 1.90 bits per heavy atom. The summed E-state index contributed by atoms with van der Waals surface area (Å²) in [6.07, 6.45) is 3.53. The molecule has 2 rings (SSSR count). The summed E-state index contributed by atoms with van der Waals surface area (Å²) in [5.41, 5.74) is -0.296. The summed E-state index contributed by atoms with van der Waals surface area (Å²) < 4.78 is 0. The van der Waals surface area contributed by atoms with Crippen molar-refractivity contribution in [2.45, 2.75) is 51.6 Å². The van der Waals surface area contributed by atoms with Gasteiger partial charge in [-0.2, -0.15) is 5.26 Å². The Morgan fingerprint density at radius 3 is 2.35 bits per heavy atom. The molecule has 0 aromatic rings. The molecular formula is C16H30N4. The summed E-state index contributed by atoms with van der Waals surface area (Å²) in [6.45, 7) is 13.0. The topological polar surface area (TPSA) is 42.3 Å². The molecule has 1 saturated heterocycles. The van der Waals surface area contributed by atoms with Crippen molar-refractivity contribution in [1.82, 2.24) is 15.1 Å². The Morgan fingerprint density at radius 1 is 1.25 bits per heavy atom. The van der Waals surface area contributed by atoms with Gasteiger partial charge in [0.1, 0.15) is 5.54 Å². The zero-order chi connectivity index (χ0) is 14.6. The second-order valence-electron chi connectivity index (χ2n) is 6.69. The largest absolute Gasteiger partial charge is 0.298 e. The number of nitrogens with one attached hydrogen (secondary N) is 1. The fraction of sp³-hybridized carbons (Fsp3) is 0.938. The molecule has 1 unspecified atom stereocenters. The highest BCUT2D eigenvalue weighted by molar-refractivity contribution is 5.16. The molecule has 0 aromatic heterocycles. The van der Waals surface area contributed by atoms with Crippen molar-refractivity contribution in [2.75, 3.05) is 39.3 Å². The van der Waals surface area contributed by atoms with Gasteiger partial charge < -0.3 is 0 Å². The molecule has 2 fully saturated rings. The highest BCUT2D eigenvalue weighted by Crippen LogP contribution is 2.40. The Hall–Kier alpha value is -0.630. The molecule has 0 bridgehead atoms. The van der Waals surface area contributed by atoms with Gasteiger partial charge in [0.25, 0.3) is 0 Å². The van der Waals surface area contributed by atoms with E-state index in [1.165, 1.54) is 12.8 Å². The molecule has 1 atom stereocenters. The van der Waals surface area contributed by atoms with Crippen LogP contribution in [0.2, 0.25) is 0 Å². The van der Waals surface area contributed by atoms with Gasteiger partial charge in [-0.05, 0) is 45.6 Å². The maximum atomic E-state index is 9.73. The van der Waals surface area contributed by atoms with Gasteiger partial charge in [-0.25, -0.2) is 0 Å². The van der Waals surface area contributed by atoms with Crippen LogP contribution >= 0.6 is 0 Å². The van der Waals surface area contributed by atoms with Crippen molar-refractivity contribution < 1.29 is 0 Å². The molecule has 1 aliphatic carbocycles. The first-order valence-electron chi connectivity index (χ1n) is 8.24. The lowest BCUT2D eigenvalue weighted by molar-refractivity contribution is 0.0889. The summed E-state index contributed by atoms with van der Waals surface area (Å²) in [7, 11) is 0. The van der Waals surface area contributed by atoms with E-state index in [0.717, 1.165) is 45.7 Å². The third kappa shape index (κ3) is 3.72. The van der Waals surface area contributed by atoms with Gasteiger partial charge in [0.05, 0.1) is 6.07 Å². The predicted octanol–water partition coefficient (Wildman–Crippen LogP) is 1.68. The molecule has 1 saturated carbocycles. The van der Waals surface area contributed by atoms with E-state index < -0.39 is 0 Å². The maximum absolute atomic E-state index is 9.73. The zero-order valence-corrected chi connectivity index (χ0v) is 13.4. The lowest BCUT2D eigenvalue weighted by atomic mass is 9.93. The molecule has 1 N–H and O–H groups in total. The van der Waals surface area contributed by atoms with Crippen molar-refractivity contribution in [1.29, 1.82) is 5.26 Å². The van der Waals surface area contributed by atoms with E-state index >= 15 is 0 Å². The number of rotatable bonds is 7. The fourth-order valence-corrected chi connectivity index (χ4v) is 3.21. The number of nitrogens with zero attached hydrogens (tertiary/aromatic N) is 3. The van der Waals surface area contributed by atoms with Gasteiger partial charge in [0, 0.05) is 38.8 Å². The van der Waals surface area contributed by atoms with E-state index in [4.69, 9.17) is 0 Å². The molecule has 1 aliphatic heterocycles. The minimum absolute atomic E-state index is 0.296. The van der Waals surface area contributed by atoms with Crippen LogP contribution in [0.15, 0.2) is 0 Å². The van der Waals surface area contributed by atoms with Gasteiger partial charge in [-0.1, -0.05) is 6.92 Å². The van der Waals surface area contributed by atoms with Gasteiger partial charge in [-0.3, -0.25) is 15.1 Å².